The van der Waals surface area contributed by atoms with Gasteiger partial charge < -0.3 is 10.4 Å². The van der Waals surface area contributed by atoms with E-state index in [1.165, 1.54) is 24.3 Å². The first kappa shape index (κ1) is 12.3. The Bertz CT molecular complexity index is 396. The van der Waals surface area contributed by atoms with Gasteiger partial charge in [-0.15, -0.1) is 0 Å². The summed E-state index contributed by atoms with van der Waals surface area (Å²) in [6.45, 7) is 2.90. The molecule has 1 aromatic carbocycles. The summed E-state index contributed by atoms with van der Waals surface area (Å²) < 4.78 is 0.187. The lowest BCUT2D eigenvalue weighted by atomic mass is 10.1. The maximum absolute atomic E-state index is 11.9. The van der Waals surface area contributed by atoms with E-state index in [0.717, 1.165) is 6.42 Å². The Labute approximate surface area is 106 Å². The Morgan fingerprint density at radius 1 is 1.47 bits per heavy atom. The fourth-order valence-corrected chi connectivity index (χ4v) is 3.20. The van der Waals surface area contributed by atoms with Gasteiger partial charge in [0.05, 0.1) is 0 Å². The summed E-state index contributed by atoms with van der Waals surface area (Å²) in [6, 6.07) is 6.32. The Hall–Kier alpha value is -1.16. The summed E-state index contributed by atoms with van der Waals surface area (Å²) in [5.74, 6) is 1.30. The van der Waals surface area contributed by atoms with Crippen molar-refractivity contribution in [2.45, 2.75) is 24.5 Å². The van der Waals surface area contributed by atoms with Crippen molar-refractivity contribution in [3.63, 3.8) is 0 Å². The van der Waals surface area contributed by atoms with Crippen LogP contribution < -0.4 is 5.32 Å². The van der Waals surface area contributed by atoms with Crippen molar-refractivity contribution in [3.8, 4) is 5.75 Å². The van der Waals surface area contributed by atoms with Crippen molar-refractivity contribution >= 4 is 17.7 Å². The van der Waals surface area contributed by atoms with E-state index in [-0.39, 0.29) is 16.4 Å². The largest absolute Gasteiger partial charge is 0.508 e. The highest BCUT2D eigenvalue weighted by atomic mass is 32.2. The van der Waals surface area contributed by atoms with Gasteiger partial charge in [-0.2, -0.15) is 11.8 Å². The number of hydrogen-bond donors (Lipinski definition) is 2. The molecular weight excluding hydrogens is 234 g/mol. The normalized spacial score (nSPS) is 23.6. The van der Waals surface area contributed by atoms with Crippen LogP contribution in [0.3, 0.4) is 0 Å². The van der Waals surface area contributed by atoms with Crippen LogP contribution in [-0.2, 0) is 0 Å². The van der Waals surface area contributed by atoms with Crippen molar-refractivity contribution in [2.75, 3.05) is 12.3 Å². The van der Waals surface area contributed by atoms with Gasteiger partial charge >= 0.3 is 0 Å². The van der Waals surface area contributed by atoms with Crippen LogP contribution in [0.25, 0.3) is 0 Å². The van der Waals surface area contributed by atoms with E-state index in [9.17, 15) is 4.79 Å². The molecule has 1 atom stereocenters. The molecule has 4 heteroatoms. The standard InChI is InChI=1S/C13H17NO2S/c1-13(7-2-8-17-13)9-14-12(16)10-3-5-11(15)6-4-10/h3-6,15H,2,7-9H2,1H3,(H,14,16). The minimum absolute atomic E-state index is 0.0706. The lowest BCUT2D eigenvalue weighted by Crippen LogP contribution is -2.36. The van der Waals surface area contributed by atoms with E-state index >= 15 is 0 Å². The molecule has 1 saturated heterocycles. The molecule has 1 aliphatic rings. The molecule has 0 saturated carbocycles. The summed E-state index contributed by atoms with van der Waals surface area (Å²) in [5, 5.41) is 12.1. The van der Waals surface area contributed by atoms with Gasteiger partial charge in [0.2, 0.25) is 0 Å². The SMILES string of the molecule is CC1(CNC(=O)c2ccc(O)cc2)CCCS1. The molecular formula is C13H17NO2S. The van der Waals surface area contributed by atoms with Crippen molar-refractivity contribution in [3.05, 3.63) is 29.8 Å². The second kappa shape index (κ2) is 5.00. The quantitative estimate of drug-likeness (QED) is 0.867. The number of thioether (sulfide) groups is 1. The van der Waals surface area contributed by atoms with Crippen LogP contribution in [0.2, 0.25) is 0 Å². The Balaban J connectivity index is 1.91. The zero-order valence-corrected chi connectivity index (χ0v) is 10.7. The van der Waals surface area contributed by atoms with Gasteiger partial charge in [-0.1, -0.05) is 0 Å². The number of rotatable bonds is 3. The van der Waals surface area contributed by atoms with Gasteiger partial charge in [0.1, 0.15) is 5.75 Å². The zero-order valence-electron chi connectivity index (χ0n) is 9.90. The molecule has 2 rings (SSSR count). The molecule has 2 N–H and O–H groups in total. The van der Waals surface area contributed by atoms with Crippen LogP contribution >= 0.6 is 11.8 Å². The number of phenolic OH excluding ortho intramolecular Hbond substituents is 1. The van der Waals surface area contributed by atoms with E-state index < -0.39 is 0 Å². The first-order valence-electron chi connectivity index (χ1n) is 5.80. The minimum Gasteiger partial charge on any atom is -0.508 e. The Kier molecular flexibility index (Phi) is 3.62. The van der Waals surface area contributed by atoms with Gasteiger partial charge in [-0.3, -0.25) is 4.79 Å². The fraction of sp³-hybridized carbons (Fsp3) is 0.462. The zero-order chi connectivity index (χ0) is 12.3. The summed E-state index contributed by atoms with van der Waals surface area (Å²) in [5.41, 5.74) is 0.592. The molecule has 1 aliphatic heterocycles. The predicted octanol–water partition coefficient (Wildman–Crippen LogP) is 2.41. The molecule has 1 heterocycles. The van der Waals surface area contributed by atoms with Gasteiger partial charge in [0.25, 0.3) is 5.91 Å². The van der Waals surface area contributed by atoms with Crippen molar-refractivity contribution < 1.29 is 9.90 Å². The van der Waals surface area contributed by atoms with Crippen LogP contribution in [0.1, 0.15) is 30.1 Å². The molecule has 0 spiro atoms. The van der Waals surface area contributed by atoms with Crippen LogP contribution in [0.5, 0.6) is 5.75 Å². The fourth-order valence-electron chi connectivity index (χ4n) is 1.96. The summed E-state index contributed by atoms with van der Waals surface area (Å²) in [6.07, 6.45) is 2.39. The number of hydrogen-bond acceptors (Lipinski definition) is 3. The van der Waals surface area contributed by atoms with E-state index in [4.69, 9.17) is 5.11 Å². The van der Waals surface area contributed by atoms with Crippen molar-refractivity contribution in [2.24, 2.45) is 0 Å². The summed E-state index contributed by atoms with van der Waals surface area (Å²) >= 11 is 1.93. The second-order valence-corrected chi connectivity index (χ2v) is 6.31. The van der Waals surface area contributed by atoms with Gasteiger partial charge in [0, 0.05) is 16.9 Å². The Morgan fingerprint density at radius 3 is 2.76 bits per heavy atom. The number of amides is 1. The molecule has 92 valence electrons. The van der Waals surface area contributed by atoms with E-state index in [1.54, 1.807) is 12.1 Å². The van der Waals surface area contributed by atoms with Crippen LogP contribution in [0, 0.1) is 0 Å². The van der Waals surface area contributed by atoms with Crippen molar-refractivity contribution in [1.82, 2.24) is 5.32 Å². The second-order valence-electron chi connectivity index (χ2n) is 4.63. The van der Waals surface area contributed by atoms with E-state index in [2.05, 4.69) is 12.2 Å². The van der Waals surface area contributed by atoms with Crippen LogP contribution in [0.4, 0.5) is 0 Å². The lowest BCUT2D eigenvalue weighted by molar-refractivity contribution is 0.0950. The molecule has 1 unspecified atom stereocenters. The van der Waals surface area contributed by atoms with Crippen LogP contribution in [0.15, 0.2) is 24.3 Å². The Morgan fingerprint density at radius 2 is 2.18 bits per heavy atom. The van der Waals surface area contributed by atoms with E-state index in [1.807, 2.05) is 11.8 Å². The molecule has 1 aromatic rings. The molecule has 0 bridgehead atoms. The van der Waals surface area contributed by atoms with Crippen molar-refractivity contribution in [1.29, 1.82) is 0 Å². The smallest absolute Gasteiger partial charge is 0.251 e. The topological polar surface area (TPSA) is 49.3 Å². The maximum Gasteiger partial charge on any atom is 0.251 e. The first-order chi connectivity index (χ1) is 8.09. The highest BCUT2D eigenvalue weighted by molar-refractivity contribution is 8.00. The van der Waals surface area contributed by atoms with Gasteiger partial charge in [-0.25, -0.2) is 0 Å². The average molecular weight is 251 g/mol. The third-order valence-corrected chi connectivity index (χ3v) is 4.59. The number of benzene rings is 1. The van der Waals surface area contributed by atoms with E-state index in [0.29, 0.717) is 12.1 Å². The molecule has 1 fully saturated rings. The van der Waals surface area contributed by atoms with Gasteiger partial charge in [0.15, 0.2) is 0 Å². The molecule has 3 nitrogen and oxygen atoms in total. The third-order valence-electron chi connectivity index (χ3n) is 3.05. The summed E-state index contributed by atoms with van der Waals surface area (Å²) in [4.78, 5) is 11.9. The number of aromatic hydroxyl groups is 1. The first-order valence-corrected chi connectivity index (χ1v) is 6.79. The maximum atomic E-state index is 11.9. The van der Waals surface area contributed by atoms with Gasteiger partial charge in [-0.05, 0) is 49.8 Å². The molecule has 0 aromatic heterocycles. The number of nitrogens with one attached hydrogen (secondary N) is 1. The monoisotopic (exact) mass is 251 g/mol. The number of phenols is 1. The third kappa shape index (κ3) is 3.16. The highest BCUT2D eigenvalue weighted by Crippen LogP contribution is 2.36. The molecule has 1 amide bonds. The average Bonchev–Trinajstić information content (AvgIpc) is 2.75. The minimum atomic E-state index is -0.0706. The number of carbonyl (C=O) groups excluding carboxylic acids is 1. The number of carbonyl (C=O) groups is 1. The van der Waals surface area contributed by atoms with Crippen LogP contribution in [-0.4, -0.2) is 28.1 Å². The molecule has 0 aliphatic carbocycles. The molecule has 0 radical (unpaired) electrons. The summed E-state index contributed by atoms with van der Waals surface area (Å²) in [7, 11) is 0. The highest BCUT2D eigenvalue weighted by Gasteiger charge is 2.29. The molecule has 17 heavy (non-hydrogen) atoms. The predicted molar refractivity (Wildman–Crippen MR) is 70.5 cm³/mol. The lowest BCUT2D eigenvalue weighted by Gasteiger charge is -2.22.